The van der Waals surface area contributed by atoms with Gasteiger partial charge in [0.1, 0.15) is 11.6 Å². The number of aromatic nitrogens is 3. The van der Waals surface area contributed by atoms with Crippen molar-refractivity contribution in [2.24, 2.45) is 5.92 Å². The molecule has 0 spiro atoms. The lowest BCUT2D eigenvalue weighted by Crippen LogP contribution is -2.37. The Bertz CT molecular complexity index is 881. The number of hydrogen-bond acceptors (Lipinski definition) is 6. The Hall–Kier alpha value is -2.48. The lowest BCUT2D eigenvalue weighted by atomic mass is 9.84. The lowest BCUT2D eigenvalue weighted by Gasteiger charge is -2.29. The van der Waals surface area contributed by atoms with Gasteiger partial charge < -0.3 is 15.7 Å². The van der Waals surface area contributed by atoms with Gasteiger partial charge in [0.15, 0.2) is 11.6 Å². The SMILES string of the molecule is O=C(O)C1CCCC[C@H]1Nc1nc(C2CNc3ncc(Cl)cc32)ncc1F. The van der Waals surface area contributed by atoms with Crippen molar-refractivity contribution in [1.82, 2.24) is 15.0 Å². The highest BCUT2D eigenvalue weighted by molar-refractivity contribution is 6.30. The maximum Gasteiger partial charge on any atom is 0.308 e. The van der Waals surface area contributed by atoms with Gasteiger partial charge in [-0.3, -0.25) is 4.79 Å². The average molecular weight is 392 g/mol. The van der Waals surface area contributed by atoms with Gasteiger partial charge in [-0.2, -0.15) is 0 Å². The first-order valence-corrected chi connectivity index (χ1v) is 9.32. The third-order valence-corrected chi connectivity index (χ3v) is 5.42. The van der Waals surface area contributed by atoms with Gasteiger partial charge in [0.25, 0.3) is 0 Å². The molecular formula is C18H19ClFN5O2. The normalized spacial score (nSPS) is 24.1. The van der Waals surface area contributed by atoms with Crippen LogP contribution in [-0.4, -0.2) is 38.6 Å². The number of carboxylic acid groups (broad SMARTS) is 1. The molecule has 2 aliphatic rings. The predicted molar refractivity (Wildman–Crippen MR) is 98.6 cm³/mol. The summed E-state index contributed by atoms with van der Waals surface area (Å²) in [6.07, 6.45) is 5.71. The molecule has 7 nitrogen and oxygen atoms in total. The molecule has 1 saturated carbocycles. The second-order valence-corrected chi connectivity index (χ2v) is 7.37. The first-order chi connectivity index (χ1) is 13.0. The van der Waals surface area contributed by atoms with Crippen molar-refractivity contribution in [3.05, 3.63) is 40.7 Å². The van der Waals surface area contributed by atoms with Crippen LogP contribution in [0.4, 0.5) is 16.0 Å². The number of carbonyl (C=O) groups is 1. The van der Waals surface area contributed by atoms with E-state index in [1.54, 1.807) is 12.3 Å². The minimum atomic E-state index is -0.864. The van der Waals surface area contributed by atoms with Crippen LogP contribution in [0.1, 0.15) is 43.0 Å². The van der Waals surface area contributed by atoms with E-state index in [-0.39, 0.29) is 17.8 Å². The van der Waals surface area contributed by atoms with Gasteiger partial charge >= 0.3 is 5.97 Å². The smallest absolute Gasteiger partial charge is 0.308 e. The zero-order valence-corrected chi connectivity index (χ0v) is 15.2. The molecule has 0 radical (unpaired) electrons. The van der Waals surface area contributed by atoms with Gasteiger partial charge in [0, 0.05) is 24.3 Å². The summed E-state index contributed by atoms with van der Waals surface area (Å²) in [6.45, 7) is 0.537. The second kappa shape index (κ2) is 7.26. The monoisotopic (exact) mass is 391 g/mol. The van der Waals surface area contributed by atoms with E-state index in [4.69, 9.17) is 11.6 Å². The Balaban J connectivity index is 1.61. The number of hydrogen-bond donors (Lipinski definition) is 3. The first kappa shape index (κ1) is 17.9. The summed E-state index contributed by atoms with van der Waals surface area (Å²) >= 11 is 6.05. The van der Waals surface area contributed by atoms with Gasteiger partial charge in [0.05, 0.1) is 23.1 Å². The largest absolute Gasteiger partial charge is 0.481 e. The van der Waals surface area contributed by atoms with Crippen molar-refractivity contribution in [2.75, 3.05) is 17.2 Å². The summed E-state index contributed by atoms with van der Waals surface area (Å²) < 4.78 is 14.3. The van der Waals surface area contributed by atoms with Crippen molar-refractivity contribution in [2.45, 2.75) is 37.6 Å². The Morgan fingerprint density at radius 1 is 1.30 bits per heavy atom. The highest BCUT2D eigenvalue weighted by atomic mass is 35.5. The summed E-state index contributed by atoms with van der Waals surface area (Å²) in [7, 11) is 0. The van der Waals surface area contributed by atoms with E-state index in [0.29, 0.717) is 36.1 Å². The van der Waals surface area contributed by atoms with Crippen LogP contribution in [0.3, 0.4) is 0 Å². The second-order valence-electron chi connectivity index (χ2n) is 6.93. The molecule has 3 heterocycles. The van der Waals surface area contributed by atoms with Crippen LogP contribution < -0.4 is 10.6 Å². The van der Waals surface area contributed by atoms with E-state index in [9.17, 15) is 14.3 Å². The third-order valence-electron chi connectivity index (χ3n) is 5.21. The predicted octanol–water partition coefficient (Wildman–Crippen LogP) is 3.28. The molecule has 2 aromatic heterocycles. The van der Waals surface area contributed by atoms with E-state index in [0.717, 1.165) is 24.6 Å². The van der Waals surface area contributed by atoms with Crippen molar-refractivity contribution in [1.29, 1.82) is 0 Å². The maximum absolute atomic E-state index is 14.3. The van der Waals surface area contributed by atoms with E-state index < -0.39 is 17.7 Å². The van der Waals surface area contributed by atoms with E-state index >= 15 is 0 Å². The fourth-order valence-corrected chi connectivity index (χ4v) is 4.00. The first-order valence-electron chi connectivity index (χ1n) is 8.94. The zero-order chi connectivity index (χ0) is 19.0. The number of halogens is 2. The quantitative estimate of drug-likeness (QED) is 0.735. The molecule has 4 rings (SSSR count). The van der Waals surface area contributed by atoms with Crippen LogP contribution in [0.25, 0.3) is 0 Å². The van der Waals surface area contributed by atoms with Crippen LogP contribution in [0.15, 0.2) is 18.5 Å². The summed E-state index contributed by atoms with van der Waals surface area (Å²) in [6, 6.07) is 1.45. The maximum atomic E-state index is 14.3. The van der Waals surface area contributed by atoms with Crippen molar-refractivity contribution in [3.8, 4) is 0 Å². The van der Waals surface area contributed by atoms with Gasteiger partial charge in [-0.15, -0.1) is 0 Å². The number of aliphatic carboxylic acids is 1. The Morgan fingerprint density at radius 3 is 2.93 bits per heavy atom. The number of pyridine rings is 1. The molecule has 3 N–H and O–H groups in total. The molecule has 1 aliphatic heterocycles. The molecule has 2 aromatic rings. The fraction of sp³-hybridized carbons (Fsp3) is 0.444. The van der Waals surface area contributed by atoms with Crippen molar-refractivity contribution >= 4 is 29.2 Å². The highest BCUT2D eigenvalue weighted by Crippen LogP contribution is 2.35. The highest BCUT2D eigenvalue weighted by Gasteiger charge is 2.32. The minimum Gasteiger partial charge on any atom is -0.481 e. The molecule has 0 saturated heterocycles. The zero-order valence-electron chi connectivity index (χ0n) is 14.5. The molecule has 142 valence electrons. The summed E-state index contributed by atoms with van der Waals surface area (Å²) in [5, 5.41) is 16.1. The van der Waals surface area contributed by atoms with Crippen LogP contribution in [-0.2, 0) is 4.79 Å². The number of carboxylic acids is 1. The molecule has 3 atom stereocenters. The molecule has 1 fully saturated rings. The minimum absolute atomic E-state index is 0.0431. The van der Waals surface area contributed by atoms with Crippen LogP contribution >= 0.6 is 11.6 Å². The number of rotatable bonds is 4. The van der Waals surface area contributed by atoms with Gasteiger partial charge in [-0.1, -0.05) is 24.4 Å². The standard InChI is InChI=1S/C18H19ClFN5O2/c19-9-5-11-12(7-22-15(11)21-6-9)16-23-8-13(20)17(25-16)24-14-4-2-1-3-10(14)18(26)27/h5-6,8,10,12,14H,1-4,7H2,(H,21,22)(H,26,27)(H,23,24,25)/t10?,12?,14-/m1/s1. The Kier molecular flexibility index (Phi) is 4.82. The molecule has 9 heteroatoms. The number of nitrogens with one attached hydrogen (secondary N) is 2. The topological polar surface area (TPSA) is 100 Å². The van der Waals surface area contributed by atoms with Crippen LogP contribution in [0.5, 0.6) is 0 Å². The molecule has 0 bridgehead atoms. The Labute approximate surface area is 160 Å². The van der Waals surface area contributed by atoms with E-state index in [1.165, 1.54) is 0 Å². The van der Waals surface area contributed by atoms with Gasteiger partial charge in [-0.05, 0) is 18.9 Å². The Morgan fingerprint density at radius 2 is 2.11 bits per heavy atom. The van der Waals surface area contributed by atoms with Gasteiger partial charge in [0.2, 0.25) is 0 Å². The van der Waals surface area contributed by atoms with Crippen molar-refractivity contribution in [3.63, 3.8) is 0 Å². The molecule has 1 aliphatic carbocycles. The fourth-order valence-electron chi connectivity index (χ4n) is 3.83. The van der Waals surface area contributed by atoms with Crippen LogP contribution in [0.2, 0.25) is 5.02 Å². The summed E-state index contributed by atoms with van der Waals surface area (Å²) in [5.41, 5.74) is 0.862. The molecule has 0 amide bonds. The number of nitrogens with zero attached hydrogens (tertiary/aromatic N) is 3. The van der Waals surface area contributed by atoms with E-state index in [1.807, 2.05) is 0 Å². The molecule has 2 unspecified atom stereocenters. The molecule has 0 aromatic carbocycles. The molecular weight excluding hydrogens is 373 g/mol. The third kappa shape index (κ3) is 3.53. The van der Waals surface area contributed by atoms with Crippen LogP contribution in [0, 0.1) is 11.7 Å². The molecule has 27 heavy (non-hydrogen) atoms. The number of fused-ring (bicyclic) bond motifs is 1. The van der Waals surface area contributed by atoms with E-state index in [2.05, 4.69) is 25.6 Å². The summed E-state index contributed by atoms with van der Waals surface area (Å²) in [4.78, 5) is 24.2. The van der Waals surface area contributed by atoms with Crippen molar-refractivity contribution < 1.29 is 14.3 Å². The average Bonchev–Trinajstić information content (AvgIpc) is 3.07. The lowest BCUT2D eigenvalue weighted by molar-refractivity contribution is -0.143. The number of anilines is 2. The van der Waals surface area contributed by atoms with Gasteiger partial charge in [-0.25, -0.2) is 19.3 Å². The summed E-state index contributed by atoms with van der Waals surface area (Å²) in [5.74, 6) is -1.01.